The summed E-state index contributed by atoms with van der Waals surface area (Å²) in [5, 5.41) is 39.1. The van der Waals surface area contributed by atoms with Crippen LogP contribution < -0.4 is 63.8 Å². The molecular weight excluding hydrogens is 1420 g/mol. The third-order valence-electron chi connectivity index (χ3n) is 16.8. The van der Waals surface area contributed by atoms with Gasteiger partial charge in [0.2, 0.25) is 71.4 Å². The fourth-order valence-electron chi connectivity index (χ4n) is 11.3. The van der Waals surface area contributed by atoms with Crippen LogP contribution in [0.3, 0.4) is 0 Å². The van der Waals surface area contributed by atoms with E-state index in [4.69, 9.17) is 0 Å². The van der Waals surface area contributed by atoms with Crippen molar-refractivity contribution in [3.8, 4) is 0 Å². The van der Waals surface area contributed by atoms with Gasteiger partial charge in [-0.15, -0.1) is 0 Å². The smallest absolute Gasteiger partial charge is 0.233 e. The highest BCUT2D eigenvalue weighted by Gasteiger charge is 2.15. The topological polar surface area (TPSA) is 299 Å². The van der Waals surface area contributed by atoms with Crippen LogP contribution in [0.25, 0.3) is 0 Å². The number of rotatable bonds is 24. The van der Waals surface area contributed by atoms with Crippen molar-refractivity contribution >= 4 is 140 Å². The molecule has 0 saturated carbocycles. The number of aryl methyl sites for hydroxylation is 6. The normalized spacial score (nSPS) is 10.4. The van der Waals surface area contributed by atoms with Crippen molar-refractivity contribution in [1.29, 1.82) is 0 Å². The SMILES string of the molecule is Cc1ccc(Nc2nc(Nc3ccccc3)nc(Nc3ccccc3)n2)c(C)c1.Cc1cccc(C)c1Nc1nc(Nc2ccccc2)nc(Nc2ccccc2)n1.Cc1cccc(Nc2nc(Nc3ccccc3)nc(Nc3ccccc3)n2)c1.Cc1ccccc1Nc1nc(Nc2ccccc2)nc(Nc2ccccc2)n1. The molecule has 0 bridgehead atoms. The molecule has 24 heteroatoms. The van der Waals surface area contributed by atoms with Crippen LogP contribution in [0.5, 0.6) is 0 Å². The number of nitrogens with one attached hydrogen (secondary N) is 12. The molecule has 12 aromatic carbocycles. The van der Waals surface area contributed by atoms with Crippen molar-refractivity contribution in [2.24, 2.45) is 0 Å². The van der Waals surface area contributed by atoms with Crippen molar-refractivity contribution in [2.45, 2.75) is 41.5 Å². The van der Waals surface area contributed by atoms with Gasteiger partial charge in [0, 0.05) is 68.2 Å². The predicted molar refractivity (Wildman–Crippen MR) is 464 cm³/mol. The zero-order valence-corrected chi connectivity index (χ0v) is 63.5. The lowest BCUT2D eigenvalue weighted by Gasteiger charge is -2.14. The number of para-hydroxylation sites is 10. The fraction of sp³-hybridized carbons (Fsp3) is 0.0667. The van der Waals surface area contributed by atoms with E-state index in [1.54, 1.807) is 0 Å². The van der Waals surface area contributed by atoms with E-state index in [9.17, 15) is 0 Å². The molecule has 0 amide bonds. The molecule has 0 spiro atoms. The highest BCUT2D eigenvalue weighted by molar-refractivity contribution is 5.70. The van der Waals surface area contributed by atoms with Crippen LogP contribution in [0.1, 0.15) is 33.4 Å². The van der Waals surface area contributed by atoms with Gasteiger partial charge in [0.25, 0.3) is 0 Å². The van der Waals surface area contributed by atoms with E-state index >= 15 is 0 Å². The minimum atomic E-state index is 0.454. The van der Waals surface area contributed by atoms with Crippen LogP contribution in [0.15, 0.2) is 328 Å². The number of benzene rings is 12. The van der Waals surface area contributed by atoms with E-state index in [1.807, 2.05) is 317 Å². The number of anilines is 24. The van der Waals surface area contributed by atoms with Gasteiger partial charge in [-0.2, -0.15) is 59.8 Å². The summed E-state index contributed by atoms with van der Waals surface area (Å²) >= 11 is 0. The lowest BCUT2D eigenvalue weighted by Crippen LogP contribution is -2.08. The Morgan fingerprint density at radius 3 is 0.632 bits per heavy atom. The van der Waals surface area contributed by atoms with E-state index in [1.165, 1.54) is 5.56 Å². The molecule has 4 heterocycles. The van der Waals surface area contributed by atoms with E-state index in [2.05, 4.69) is 176 Å². The minimum Gasteiger partial charge on any atom is -0.324 e. The second kappa shape index (κ2) is 38.9. The van der Waals surface area contributed by atoms with E-state index in [-0.39, 0.29) is 0 Å². The summed E-state index contributed by atoms with van der Waals surface area (Å²) < 4.78 is 0. The average molecular weight is 1500 g/mol. The molecule has 12 N–H and O–H groups in total. The van der Waals surface area contributed by atoms with Crippen LogP contribution in [-0.4, -0.2) is 59.8 Å². The molecule has 0 radical (unpaired) electrons. The first kappa shape index (κ1) is 76.5. The quantitative estimate of drug-likeness (QED) is 0.0268. The molecule has 24 nitrogen and oxygen atoms in total. The maximum absolute atomic E-state index is 4.56. The van der Waals surface area contributed by atoms with Crippen molar-refractivity contribution in [3.63, 3.8) is 0 Å². The minimum absolute atomic E-state index is 0.454. The largest absolute Gasteiger partial charge is 0.324 e. The Labute approximate surface area is 662 Å². The second-order valence-electron chi connectivity index (χ2n) is 25.9. The monoisotopic (exact) mass is 1500 g/mol. The Morgan fingerprint density at radius 2 is 0.360 bits per heavy atom. The molecule has 16 rings (SSSR count). The van der Waals surface area contributed by atoms with Gasteiger partial charge >= 0.3 is 0 Å². The van der Waals surface area contributed by atoms with Gasteiger partial charge in [-0.05, 0) is 191 Å². The molecule has 4 aromatic heterocycles. The van der Waals surface area contributed by atoms with Crippen LogP contribution in [0, 0.1) is 41.5 Å². The first-order valence-corrected chi connectivity index (χ1v) is 36.8. The molecule has 564 valence electrons. The number of nitrogens with zero attached hydrogens (tertiary/aromatic N) is 12. The Balaban J connectivity index is 0.000000133. The van der Waals surface area contributed by atoms with E-state index < -0.39 is 0 Å². The summed E-state index contributed by atoms with van der Waals surface area (Å²) in [6, 6.07) is 107. The lowest BCUT2D eigenvalue weighted by atomic mass is 10.1. The zero-order valence-electron chi connectivity index (χ0n) is 63.5. The van der Waals surface area contributed by atoms with Gasteiger partial charge in [0.05, 0.1) is 0 Å². The highest BCUT2D eigenvalue weighted by atomic mass is 15.3. The van der Waals surface area contributed by atoms with Crippen LogP contribution >= 0.6 is 0 Å². The Morgan fingerprint density at radius 1 is 0.149 bits per heavy atom. The molecule has 0 unspecified atom stereocenters. The van der Waals surface area contributed by atoms with Gasteiger partial charge < -0.3 is 63.8 Å². The first-order valence-electron chi connectivity index (χ1n) is 36.8. The van der Waals surface area contributed by atoms with Gasteiger partial charge in [-0.1, -0.05) is 212 Å². The maximum Gasteiger partial charge on any atom is 0.233 e. The third kappa shape index (κ3) is 23.6. The van der Waals surface area contributed by atoms with Crippen molar-refractivity contribution in [3.05, 3.63) is 361 Å². The average Bonchev–Trinajstić information content (AvgIpc) is 0.850. The summed E-state index contributed by atoms with van der Waals surface area (Å²) in [5.74, 6) is 5.48. The first-order chi connectivity index (χ1) is 55.8. The van der Waals surface area contributed by atoms with E-state index in [0.29, 0.717) is 71.4 Å². The molecule has 0 aliphatic rings. The highest BCUT2D eigenvalue weighted by Crippen LogP contribution is 2.30. The molecule has 0 aliphatic carbocycles. The van der Waals surface area contributed by atoms with E-state index in [0.717, 1.165) is 96.1 Å². The molecule has 0 aliphatic heterocycles. The third-order valence-corrected chi connectivity index (χ3v) is 16.8. The van der Waals surface area contributed by atoms with Crippen molar-refractivity contribution < 1.29 is 0 Å². The molecular formula is C90H84N24. The van der Waals surface area contributed by atoms with Crippen molar-refractivity contribution in [2.75, 3.05) is 63.8 Å². The molecule has 16 aromatic rings. The predicted octanol–water partition coefficient (Wildman–Crippen LogP) is 22.3. The van der Waals surface area contributed by atoms with Crippen LogP contribution in [0.4, 0.5) is 140 Å². The van der Waals surface area contributed by atoms with Gasteiger partial charge in [0.15, 0.2) is 0 Å². The molecule has 0 atom stereocenters. The summed E-state index contributed by atoms with van der Waals surface area (Å²) in [7, 11) is 0. The lowest BCUT2D eigenvalue weighted by molar-refractivity contribution is 1.06. The molecule has 114 heavy (non-hydrogen) atoms. The number of hydrogen-bond acceptors (Lipinski definition) is 24. The van der Waals surface area contributed by atoms with Gasteiger partial charge in [0.1, 0.15) is 0 Å². The van der Waals surface area contributed by atoms with Gasteiger partial charge in [-0.25, -0.2) is 0 Å². The Bertz CT molecular complexity index is 5450. The van der Waals surface area contributed by atoms with Gasteiger partial charge in [-0.3, -0.25) is 0 Å². The number of aromatic nitrogens is 12. The Kier molecular flexibility index (Phi) is 26.1. The maximum atomic E-state index is 4.56. The standard InChI is InChI=1S/2C23H22N6.2C22H20N6/c1-16-10-9-11-17(2)20(16)26-23-28-21(24-18-12-5-3-6-13-18)27-22(29-23)25-19-14-7-4-8-15-19;1-16-13-14-20(17(2)15-16)26-23-28-21(24-18-9-5-3-6-10-18)27-22(29-23)25-19-11-7-4-8-12-19;1-16-10-8-9-15-19(16)25-22-27-20(23-17-11-4-2-5-12-17)26-21(28-22)24-18-13-6-3-7-14-18;1-16-9-8-14-19(15-16)25-22-27-20(23-17-10-4-2-5-11-17)26-21(28-22)24-18-12-6-3-7-13-18/h2*3-15H,1-2H3,(H3,24,25,26,27,28,29);2*2-15H,1H3,(H3,23,24,25,26,27,28). The van der Waals surface area contributed by atoms with Crippen LogP contribution in [0.2, 0.25) is 0 Å². The second-order valence-corrected chi connectivity index (χ2v) is 25.9. The number of hydrogen-bond donors (Lipinski definition) is 12. The van der Waals surface area contributed by atoms with Crippen molar-refractivity contribution in [1.82, 2.24) is 59.8 Å². The summed E-state index contributed by atoms with van der Waals surface area (Å²) in [6.45, 7) is 12.3. The van der Waals surface area contributed by atoms with Crippen LogP contribution in [-0.2, 0) is 0 Å². The molecule has 0 saturated heterocycles. The Hall–Kier alpha value is -15.7. The summed E-state index contributed by atoms with van der Waals surface area (Å²) in [6.07, 6.45) is 0. The zero-order chi connectivity index (χ0) is 78.5. The fourth-order valence-corrected chi connectivity index (χ4v) is 11.3. The molecule has 0 fully saturated rings. The summed E-state index contributed by atoms with van der Waals surface area (Å²) in [5.41, 5.74) is 17.9. The summed E-state index contributed by atoms with van der Waals surface area (Å²) in [4.78, 5) is 54.3.